The number of piperidine rings is 1. The molecule has 6 heteroatoms. The van der Waals surface area contributed by atoms with Crippen molar-refractivity contribution in [3.63, 3.8) is 0 Å². The van der Waals surface area contributed by atoms with Crippen LogP contribution in [0.15, 0.2) is 0 Å². The standard InChI is InChI=1S/C13H25N3O3/c1-10(4-5-12(17)18)14-13(19)16-8-6-11(7-9-16)15(2)3/h10-11H,4-9H2,1-3H3,(H,14,19)(H,17,18). The number of hydrogen-bond donors (Lipinski definition) is 2. The number of carboxylic acid groups (broad SMARTS) is 1. The molecule has 2 N–H and O–H groups in total. The summed E-state index contributed by atoms with van der Waals surface area (Å²) in [6, 6.07) is 0.374. The molecule has 6 nitrogen and oxygen atoms in total. The first-order chi connectivity index (χ1) is 8.90. The molecule has 0 aromatic heterocycles. The Bertz CT molecular complexity index is 312. The molecule has 0 aliphatic carbocycles. The summed E-state index contributed by atoms with van der Waals surface area (Å²) in [6.07, 6.45) is 2.53. The van der Waals surface area contributed by atoms with E-state index < -0.39 is 5.97 Å². The molecular formula is C13H25N3O3. The molecule has 0 aromatic rings. The molecule has 19 heavy (non-hydrogen) atoms. The minimum Gasteiger partial charge on any atom is -0.481 e. The molecule has 1 unspecified atom stereocenters. The van der Waals surface area contributed by atoms with Crippen molar-refractivity contribution in [3.8, 4) is 0 Å². The Balaban J connectivity index is 2.29. The van der Waals surface area contributed by atoms with Crippen LogP contribution in [0.1, 0.15) is 32.6 Å². The van der Waals surface area contributed by atoms with Crippen molar-refractivity contribution < 1.29 is 14.7 Å². The van der Waals surface area contributed by atoms with Crippen LogP contribution in [0, 0.1) is 0 Å². The molecule has 1 atom stereocenters. The number of hydrogen-bond acceptors (Lipinski definition) is 3. The second kappa shape index (κ2) is 7.33. The average Bonchev–Trinajstić information content (AvgIpc) is 2.36. The largest absolute Gasteiger partial charge is 0.481 e. The summed E-state index contributed by atoms with van der Waals surface area (Å²) >= 11 is 0. The van der Waals surface area contributed by atoms with E-state index in [1.54, 1.807) is 0 Å². The molecule has 1 aliphatic heterocycles. The van der Waals surface area contributed by atoms with Gasteiger partial charge < -0.3 is 20.2 Å². The van der Waals surface area contributed by atoms with Gasteiger partial charge in [0.05, 0.1) is 0 Å². The van der Waals surface area contributed by atoms with E-state index in [0.29, 0.717) is 12.5 Å². The third-order valence-corrected chi connectivity index (χ3v) is 3.64. The number of carboxylic acids is 1. The summed E-state index contributed by atoms with van der Waals surface area (Å²) in [5.74, 6) is -0.826. The van der Waals surface area contributed by atoms with Gasteiger partial charge in [-0.25, -0.2) is 4.79 Å². The van der Waals surface area contributed by atoms with Crippen molar-refractivity contribution >= 4 is 12.0 Å². The Labute approximate surface area is 114 Å². The second-order valence-corrected chi connectivity index (χ2v) is 5.46. The van der Waals surface area contributed by atoms with Crippen LogP contribution in [0.25, 0.3) is 0 Å². The first-order valence-electron chi connectivity index (χ1n) is 6.83. The summed E-state index contributed by atoms with van der Waals surface area (Å²) in [6.45, 7) is 3.37. The molecule has 0 saturated carbocycles. The molecule has 0 spiro atoms. The van der Waals surface area contributed by atoms with Crippen LogP contribution >= 0.6 is 0 Å². The summed E-state index contributed by atoms with van der Waals surface area (Å²) in [5.41, 5.74) is 0. The normalized spacial score (nSPS) is 18.4. The number of urea groups is 1. The second-order valence-electron chi connectivity index (χ2n) is 5.46. The van der Waals surface area contributed by atoms with Crippen LogP contribution in [0.2, 0.25) is 0 Å². The van der Waals surface area contributed by atoms with Gasteiger partial charge in [0.1, 0.15) is 0 Å². The number of carbonyl (C=O) groups is 2. The van der Waals surface area contributed by atoms with Crippen molar-refractivity contribution in [3.05, 3.63) is 0 Å². The highest BCUT2D eigenvalue weighted by atomic mass is 16.4. The fourth-order valence-electron chi connectivity index (χ4n) is 2.30. The number of nitrogens with one attached hydrogen (secondary N) is 1. The molecule has 1 aliphatic rings. The van der Waals surface area contributed by atoms with Gasteiger partial charge >= 0.3 is 12.0 Å². The molecule has 0 bridgehead atoms. The zero-order valence-electron chi connectivity index (χ0n) is 12.1. The lowest BCUT2D eigenvalue weighted by molar-refractivity contribution is -0.137. The minimum atomic E-state index is -0.826. The SMILES string of the molecule is CC(CCC(=O)O)NC(=O)N1CCC(N(C)C)CC1. The summed E-state index contributed by atoms with van der Waals surface area (Å²) < 4.78 is 0. The fraction of sp³-hybridized carbons (Fsp3) is 0.846. The molecular weight excluding hydrogens is 246 g/mol. The molecule has 1 saturated heterocycles. The molecule has 1 heterocycles. The van der Waals surface area contributed by atoms with Gasteiger partial charge in [-0.2, -0.15) is 0 Å². The maximum Gasteiger partial charge on any atom is 0.317 e. The highest BCUT2D eigenvalue weighted by molar-refractivity contribution is 5.74. The molecule has 1 rings (SSSR count). The Morgan fingerprint density at radius 1 is 1.37 bits per heavy atom. The predicted molar refractivity (Wildman–Crippen MR) is 73.1 cm³/mol. The van der Waals surface area contributed by atoms with E-state index >= 15 is 0 Å². The van der Waals surface area contributed by atoms with E-state index in [1.807, 2.05) is 11.8 Å². The van der Waals surface area contributed by atoms with Crippen LogP contribution in [-0.4, -0.2) is 66.2 Å². The summed E-state index contributed by atoms with van der Waals surface area (Å²) in [4.78, 5) is 26.5. The summed E-state index contributed by atoms with van der Waals surface area (Å²) in [7, 11) is 4.13. The van der Waals surface area contributed by atoms with Gasteiger partial charge in [0.15, 0.2) is 0 Å². The van der Waals surface area contributed by atoms with E-state index in [2.05, 4.69) is 24.3 Å². The van der Waals surface area contributed by atoms with Gasteiger partial charge in [-0.05, 0) is 40.3 Å². The van der Waals surface area contributed by atoms with Gasteiger partial charge in [0, 0.05) is 31.6 Å². The van der Waals surface area contributed by atoms with Crippen molar-refractivity contribution in [2.75, 3.05) is 27.2 Å². The zero-order valence-corrected chi connectivity index (χ0v) is 12.1. The number of amides is 2. The van der Waals surface area contributed by atoms with Gasteiger partial charge in [0.25, 0.3) is 0 Å². The van der Waals surface area contributed by atoms with E-state index in [1.165, 1.54) is 0 Å². The lowest BCUT2D eigenvalue weighted by atomic mass is 10.0. The lowest BCUT2D eigenvalue weighted by Gasteiger charge is -2.35. The Kier molecular flexibility index (Phi) is 6.08. The quantitative estimate of drug-likeness (QED) is 0.781. The molecule has 0 radical (unpaired) electrons. The molecule has 110 valence electrons. The smallest absolute Gasteiger partial charge is 0.317 e. The van der Waals surface area contributed by atoms with Crippen molar-refractivity contribution in [1.82, 2.24) is 15.1 Å². The zero-order chi connectivity index (χ0) is 14.4. The highest BCUT2D eigenvalue weighted by Crippen LogP contribution is 2.14. The molecule has 0 aromatic carbocycles. The van der Waals surface area contributed by atoms with E-state index in [9.17, 15) is 9.59 Å². The Hall–Kier alpha value is -1.30. The topological polar surface area (TPSA) is 72.9 Å². The monoisotopic (exact) mass is 271 g/mol. The number of likely N-dealkylation sites (tertiary alicyclic amines) is 1. The first-order valence-corrected chi connectivity index (χ1v) is 6.83. The van der Waals surface area contributed by atoms with Crippen LogP contribution in [0.3, 0.4) is 0 Å². The van der Waals surface area contributed by atoms with Gasteiger partial charge in [-0.15, -0.1) is 0 Å². The Morgan fingerprint density at radius 2 is 1.95 bits per heavy atom. The molecule has 1 fully saturated rings. The van der Waals surface area contributed by atoms with Crippen LogP contribution in [0.5, 0.6) is 0 Å². The van der Waals surface area contributed by atoms with Crippen LogP contribution < -0.4 is 5.32 Å². The number of carbonyl (C=O) groups excluding carboxylic acids is 1. The number of rotatable bonds is 5. The predicted octanol–water partition coefficient (Wildman–Crippen LogP) is 0.975. The average molecular weight is 271 g/mol. The van der Waals surface area contributed by atoms with Gasteiger partial charge in [0.2, 0.25) is 0 Å². The van der Waals surface area contributed by atoms with E-state index in [0.717, 1.165) is 25.9 Å². The highest BCUT2D eigenvalue weighted by Gasteiger charge is 2.24. The van der Waals surface area contributed by atoms with Crippen molar-refractivity contribution in [2.45, 2.75) is 44.7 Å². The maximum absolute atomic E-state index is 12.0. The van der Waals surface area contributed by atoms with Gasteiger partial charge in [-0.3, -0.25) is 4.79 Å². The van der Waals surface area contributed by atoms with Crippen molar-refractivity contribution in [1.29, 1.82) is 0 Å². The number of aliphatic carboxylic acids is 1. The van der Waals surface area contributed by atoms with E-state index in [-0.39, 0.29) is 18.5 Å². The fourth-order valence-corrected chi connectivity index (χ4v) is 2.30. The Morgan fingerprint density at radius 3 is 2.42 bits per heavy atom. The van der Waals surface area contributed by atoms with Crippen LogP contribution in [-0.2, 0) is 4.79 Å². The number of nitrogens with zero attached hydrogens (tertiary/aromatic N) is 2. The maximum atomic E-state index is 12.0. The van der Waals surface area contributed by atoms with Crippen LogP contribution in [0.4, 0.5) is 4.79 Å². The minimum absolute atomic E-state index is 0.0740. The first kappa shape index (κ1) is 15.8. The summed E-state index contributed by atoms with van der Waals surface area (Å²) in [5, 5.41) is 11.5. The third kappa shape index (κ3) is 5.46. The van der Waals surface area contributed by atoms with Gasteiger partial charge in [-0.1, -0.05) is 0 Å². The molecule has 2 amide bonds. The van der Waals surface area contributed by atoms with Crippen molar-refractivity contribution in [2.24, 2.45) is 0 Å². The third-order valence-electron chi connectivity index (χ3n) is 3.64. The lowest BCUT2D eigenvalue weighted by Crippen LogP contribution is -2.50. The van der Waals surface area contributed by atoms with E-state index in [4.69, 9.17) is 5.11 Å².